The SMILES string of the molecule is CC(C)(C)[O-].CCOC(=O)C(F)(F)Br.CCOC(=O)C(F)(F)c1ccc(C)cn1.Cc1ccc(/C(F)=C/I)nc1.Cc1ccc(Br)nc1.Cc1ccc(C(F)(F)CI)nc1.Cc1ccc(C(F)(F)CO)nc1.[B].[Cu].[H-].[K+].[Na+]. The van der Waals surface area contributed by atoms with Crippen molar-refractivity contribution in [1.29, 1.82) is 0 Å². The summed E-state index contributed by atoms with van der Waals surface area (Å²) in [7, 11) is 0. The molecule has 0 saturated heterocycles. The maximum atomic E-state index is 13.3. The van der Waals surface area contributed by atoms with Gasteiger partial charge in [0.05, 0.1) is 23.3 Å². The molecule has 76 heavy (non-hydrogen) atoms. The molecule has 4 radical (unpaired) electrons. The van der Waals surface area contributed by atoms with Crippen LogP contribution in [-0.2, 0) is 53.9 Å². The topological polar surface area (TPSA) is 160 Å². The van der Waals surface area contributed by atoms with Crippen LogP contribution in [0.3, 0.4) is 0 Å². The van der Waals surface area contributed by atoms with Gasteiger partial charge in [0, 0.05) is 76.5 Å². The van der Waals surface area contributed by atoms with Gasteiger partial charge in [-0.2, -0.15) is 35.1 Å². The van der Waals surface area contributed by atoms with Crippen LogP contribution >= 0.6 is 77.0 Å². The minimum Gasteiger partial charge on any atom is -1.00 e. The maximum absolute atomic E-state index is 13.3. The summed E-state index contributed by atoms with van der Waals surface area (Å²) in [6, 6.07) is 15.8. The van der Waals surface area contributed by atoms with E-state index in [0.717, 1.165) is 32.9 Å². The fourth-order valence-corrected chi connectivity index (χ4v) is 4.88. The van der Waals surface area contributed by atoms with Gasteiger partial charge in [0.1, 0.15) is 28.3 Å². The molecule has 5 rings (SSSR count). The Morgan fingerprint density at radius 2 is 0.987 bits per heavy atom. The number of halogens is 13. The summed E-state index contributed by atoms with van der Waals surface area (Å²) in [6.45, 7) is 15.7. The Morgan fingerprint density at radius 1 is 0.658 bits per heavy atom. The number of aromatic nitrogens is 5. The van der Waals surface area contributed by atoms with Crippen LogP contribution in [-0.4, -0.2) is 85.1 Å². The van der Waals surface area contributed by atoms with E-state index in [1.165, 1.54) is 66.3 Å². The number of esters is 2. The van der Waals surface area contributed by atoms with Crippen molar-refractivity contribution in [2.24, 2.45) is 0 Å². The Morgan fingerprint density at radius 3 is 1.24 bits per heavy atom. The third-order valence-electron chi connectivity index (χ3n) is 7.34. The molecule has 28 heteroatoms. The molecule has 0 fully saturated rings. The van der Waals surface area contributed by atoms with E-state index in [9.17, 15) is 54.2 Å². The van der Waals surface area contributed by atoms with E-state index in [2.05, 4.69) is 50.3 Å². The van der Waals surface area contributed by atoms with E-state index >= 15 is 0 Å². The number of carbonyl (C=O) groups is 2. The smallest absolute Gasteiger partial charge is 1.00 e. The number of nitrogens with zero attached hydrogens (tertiary/aromatic N) is 5. The van der Waals surface area contributed by atoms with Gasteiger partial charge in [-0.25, -0.2) is 19.0 Å². The molecular weight excluding hydrogens is 1460 g/mol. The average Bonchev–Trinajstić information content (AvgIpc) is 3.31. The first-order valence-corrected chi connectivity index (χ1v) is 25.2. The fraction of sp³-hybridized carbons (Fsp3) is 0.396. The van der Waals surface area contributed by atoms with Crippen molar-refractivity contribution in [2.75, 3.05) is 24.2 Å². The third-order valence-corrected chi connectivity index (χ3v) is 9.64. The van der Waals surface area contributed by atoms with Gasteiger partial charge in [0.25, 0.3) is 5.92 Å². The zero-order valence-electron chi connectivity index (χ0n) is 44.6. The van der Waals surface area contributed by atoms with Gasteiger partial charge in [0.15, 0.2) is 5.83 Å². The van der Waals surface area contributed by atoms with Gasteiger partial charge >= 0.3 is 110 Å². The van der Waals surface area contributed by atoms with Gasteiger partial charge in [-0.05, 0) is 145 Å². The number of aliphatic hydroxyl groups excluding tert-OH is 1. The van der Waals surface area contributed by atoms with E-state index in [0.29, 0.717) is 5.69 Å². The number of rotatable bonds is 10. The average molecular weight is 1520 g/mol. The van der Waals surface area contributed by atoms with Crippen LogP contribution in [0.15, 0.2) is 100 Å². The first-order valence-electron chi connectivity index (χ1n) is 20.8. The number of carbonyl (C=O) groups excluding carboxylic acids is 2. The van der Waals surface area contributed by atoms with E-state index < -0.39 is 58.1 Å². The van der Waals surface area contributed by atoms with Crippen molar-refractivity contribution < 1.29 is 168 Å². The molecule has 416 valence electrons. The Hall–Kier alpha value is -0.639. The van der Waals surface area contributed by atoms with Gasteiger partial charge < -0.3 is 21.1 Å². The van der Waals surface area contributed by atoms with Gasteiger partial charge in [-0.15, -0.1) is 5.60 Å². The Balaban J connectivity index is -0.000000149. The quantitative estimate of drug-likeness (QED) is 0.0380. The van der Waals surface area contributed by atoms with Crippen LogP contribution in [0.1, 0.15) is 86.6 Å². The third kappa shape index (κ3) is 40.5. The molecule has 11 nitrogen and oxygen atoms in total. The van der Waals surface area contributed by atoms with Crippen LogP contribution in [0.5, 0.6) is 0 Å². The second-order valence-electron chi connectivity index (χ2n) is 15.3. The number of ether oxygens (including phenoxy) is 2. The second kappa shape index (κ2) is 44.0. The monoisotopic (exact) mass is 1520 g/mol. The fourth-order valence-electron chi connectivity index (χ4n) is 3.83. The van der Waals surface area contributed by atoms with Crippen molar-refractivity contribution in [3.63, 3.8) is 0 Å². The molecule has 0 atom stereocenters. The molecule has 0 aromatic carbocycles. The minimum atomic E-state index is -3.68. The van der Waals surface area contributed by atoms with E-state index in [1.54, 1.807) is 75.5 Å². The summed E-state index contributed by atoms with van der Waals surface area (Å²) in [4.78, 5) is 36.0. The van der Waals surface area contributed by atoms with Crippen LogP contribution < -0.4 is 86.0 Å². The Labute approximate surface area is 561 Å². The molecule has 0 aliphatic heterocycles. The molecular formula is C48H56BBr2CuF9I2KN5NaO6. The summed E-state index contributed by atoms with van der Waals surface area (Å²) in [5.74, 6) is -13.1. The zero-order valence-corrected chi connectivity index (χ0v) is 57.1. The maximum Gasteiger partial charge on any atom is 1.00 e. The molecule has 5 aromatic heterocycles. The summed E-state index contributed by atoms with van der Waals surface area (Å²) in [5, 5.41) is 18.4. The largest absolute Gasteiger partial charge is 1.00 e. The molecule has 1 N–H and O–H groups in total. The zero-order chi connectivity index (χ0) is 56.1. The van der Waals surface area contributed by atoms with Crippen molar-refractivity contribution in [2.45, 2.75) is 97.4 Å². The van der Waals surface area contributed by atoms with Gasteiger partial charge in [-0.1, -0.05) is 73.7 Å². The van der Waals surface area contributed by atoms with E-state index in [1.807, 2.05) is 83.7 Å². The molecule has 0 spiro atoms. The standard InChI is InChI=1S/C10H11F2NO2.C8H8F2IN.C8H9F2NO.C8H7FIN.C6H6BrN.C4H5BrF2O2.C4H9O.B.Cu.K.Na.H/c1-3-15-9(14)10(11,12)8-5-4-7(2)6-13-8;1-6-2-3-7(12-4-6)8(9,10)5-11;1-6-2-3-7(11-4-6)8(9,10)5-12;1-6-2-3-8(11-5-6)7(9)4-10;1-5-2-3-6(7)8-4-5;1-2-9-3(8)4(5,6)7;1-4(2,3)5;;;;;/h4-6H,3H2,1-2H3;2-4H,5H2,1H3;2-4,12H,5H2,1H3;2-5H,1H3;2-4H,1H3;2H2,1H3;1-3H3;;;;;/q;;;;;;-1;;;2*+1;-1/b;;;7-4-;;;;;;;;. The predicted molar refractivity (Wildman–Crippen MR) is 287 cm³/mol. The van der Waals surface area contributed by atoms with Gasteiger partial charge in [-0.3, -0.25) is 19.9 Å². The molecule has 5 heterocycles. The van der Waals surface area contributed by atoms with Crippen LogP contribution in [0, 0.1) is 34.6 Å². The first-order chi connectivity index (χ1) is 33.1. The molecule has 5 aromatic rings. The summed E-state index contributed by atoms with van der Waals surface area (Å²) in [5.41, 5.74) is 3.19. The van der Waals surface area contributed by atoms with Gasteiger partial charge in [0.2, 0.25) is 0 Å². The number of aliphatic hydroxyl groups is 1. The summed E-state index contributed by atoms with van der Waals surface area (Å²) < 4.78 is 125. The summed E-state index contributed by atoms with van der Waals surface area (Å²) in [6.07, 6.45) is 7.55. The number of hydrogen-bond donors (Lipinski definition) is 1. The predicted octanol–water partition coefficient (Wildman–Crippen LogP) is 7.10. The molecule has 0 aliphatic rings. The second-order valence-corrected chi connectivity index (χ2v) is 18.5. The van der Waals surface area contributed by atoms with E-state index in [4.69, 9.17) is 5.11 Å². The van der Waals surface area contributed by atoms with Crippen molar-refractivity contribution in [3.05, 3.63) is 151 Å². The van der Waals surface area contributed by atoms with E-state index in [-0.39, 0.29) is 137 Å². The molecule has 0 saturated carbocycles. The molecule has 0 amide bonds. The van der Waals surface area contributed by atoms with Crippen LogP contribution in [0.2, 0.25) is 0 Å². The molecule has 0 aliphatic carbocycles. The Bertz CT molecular complexity index is 2280. The molecule has 0 bridgehead atoms. The van der Waals surface area contributed by atoms with Crippen LogP contribution in [0.4, 0.5) is 39.5 Å². The summed E-state index contributed by atoms with van der Waals surface area (Å²) >= 11 is 8.57. The van der Waals surface area contributed by atoms with Crippen molar-refractivity contribution in [3.8, 4) is 0 Å². The van der Waals surface area contributed by atoms with Crippen LogP contribution in [0.25, 0.3) is 5.83 Å². The van der Waals surface area contributed by atoms with Crippen molar-refractivity contribution in [1.82, 2.24) is 24.9 Å². The first kappa shape index (κ1) is 86.6. The Kier molecular flexibility index (Phi) is 50.2. The number of alkyl halides is 10. The minimum absolute atomic E-state index is 0. The number of aryl methyl sites for hydroxylation is 5. The number of hydrogen-bond acceptors (Lipinski definition) is 11. The molecule has 0 unspecified atom stereocenters. The normalized spacial score (nSPS) is 10.7. The number of pyridine rings is 5. The van der Waals surface area contributed by atoms with Crippen molar-refractivity contribution >= 4 is 103 Å².